The Kier molecular flexibility index (Phi) is 5.67. The van der Waals surface area contributed by atoms with Crippen LogP contribution in [0, 0.1) is 20.8 Å². The zero-order valence-electron chi connectivity index (χ0n) is 14.9. The van der Waals surface area contributed by atoms with Crippen molar-refractivity contribution in [1.29, 1.82) is 0 Å². The minimum atomic E-state index is -3.62. The lowest BCUT2D eigenvalue weighted by Gasteiger charge is -2.20. The summed E-state index contributed by atoms with van der Waals surface area (Å²) in [5.41, 5.74) is 3.48. The topological polar surface area (TPSA) is 55.4 Å². The number of hydrogen-bond donors (Lipinski definition) is 1. The molecule has 0 aliphatic heterocycles. The summed E-state index contributed by atoms with van der Waals surface area (Å²) in [5.74, 6) is 0.662. The van der Waals surface area contributed by atoms with E-state index in [0.717, 1.165) is 11.1 Å². The number of ether oxygens (including phenoxy) is 1. The molecule has 0 spiro atoms. The first-order valence-corrected chi connectivity index (χ1v) is 9.51. The Balaban J connectivity index is 2.38. The molecule has 0 aromatic heterocycles. The molecule has 24 heavy (non-hydrogen) atoms. The van der Waals surface area contributed by atoms with Crippen LogP contribution in [0.4, 0.5) is 0 Å². The molecule has 0 saturated heterocycles. The third-order valence-electron chi connectivity index (χ3n) is 4.12. The Morgan fingerprint density at radius 3 is 2.04 bits per heavy atom. The molecule has 2 aromatic rings. The molecule has 0 heterocycles. The van der Waals surface area contributed by atoms with Crippen LogP contribution in [0.25, 0.3) is 0 Å². The third kappa shape index (κ3) is 3.97. The molecule has 1 N–H and O–H groups in total. The average molecular weight is 347 g/mol. The molecular weight excluding hydrogens is 322 g/mol. The van der Waals surface area contributed by atoms with Crippen molar-refractivity contribution >= 4 is 10.0 Å². The quantitative estimate of drug-likeness (QED) is 0.858. The van der Waals surface area contributed by atoms with Gasteiger partial charge in [0.25, 0.3) is 0 Å². The lowest BCUT2D eigenvalue weighted by molar-refractivity contribution is 0.413. The fraction of sp³-hybridized carbons (Fsp3) is 0.368. The van der Waals surface area contributed by atoms with E-state index in [1.165, 1.54) is 0 Å². The van der Waals surface area contributed by atoms with Crippen LogP contribution in [-0.2, 0) is 10.0 Å². The highest BCUT2D eigenvalue weighted by molar-refractivity contribution is 7.89. The van der Waals surface area contributed by atoms with Crippen LogP contribution < -0.4 is 9.46 Å². The summed E-state index contributed by atoms with van der Waals surface area (Å²) < 4.78 is 33.9. The second-order valence-corrected chi connectivity index (χ2v) is 7.73. The van der Waals surface area contributed by atoms with Crippen LogP contribution in [0.5, 0.6) is 5.75 Å². The van der Waals surface area contributed by atoms with Crippen molar-refractivity contribution in [2.45, 2.75) is 45.1 Å². The number of nitrogens with one attached hydrogen (secondary N) is 1. The summed E-state index contributed by atoms with van der Waals surface area (Å²) in [5, 5.41) is 0. The van der Waals surface area contributed by atoms with E-state index in [2.05, 4.69) is 4.72 Å². The molecular formula is C19H25NO3S. The maximum atomic E-state index is 12.9. The highest BCUT2D eigenvalue weighted by Crippen LogP contribution is 2.28. The van der Waals surface area contributed by atoms with Gasteiger partial charge in [-0.2, -0.15) is 0 Å². The summed E-state index contributed by atoms with van der Waals surface area (Å²) in [4.78, 5) is 0.328. The maximum absolute atomic E-state index is 12.9. The molecule has 2 rings (SSSR count). The van der Waals surface area contributed by atoms with Gasteiger partial charge in [0, 0.05) is 6.04 Å². The molecule has 0 bridgehead atoms. The lowest BCUT2D eigenvalue weighted by atomic mass is 10.0. The van der Waals surface area contributed by atoms with E-state index < -0.39 is 10.0 Å². The Morgan fingerprint density at radius 2 is 1.58 bits per heavy atom. The van der Waals surface area contributed by atoms with Gasteiger partial charge in [-0.15, -0.1) is 0 Å². The summed E-state index contributed by atoms with van der Waals surface area (Å²) in [6.45, 7) is 7.56. The van der Waals surface area contributed by atoms with Gasteiger partial charge in [0.05, 0.1) is 12.0 Å². The molecule has 0 aliphatic rings. The predicted octanol–water partition coefficient (Wildman–Crippen LogP) is 4.05. The highest BCUT2D eigenvalue weighted by atomic mass is 32.2. The van der Waals surface area contributed by atoms with Crippen LogP contribution in [0.15, 0.2) is 41.3 Å². The van der Waals surface area contributed by atoms with E-state index in [1.807, 2.05) is 38.1 Å². The highest BCUT2D eigenvalue weighted by Gasteiger charge is 2.24. The molecule has 0 radical (unpaired) electrons. The number of benzene rings is 2. The summed E-state index contributed by atoms with van der Waals surface area (Å²) in [6.07, 6.45) is 0.677. The first-order valence-electron chi connectivity index (χ1n) is 8.02. The summed E-state index contributed by atoms with van der Waals surface area (Å²) >= 11 is 0. The molecule has 5 heteroatoms. The molecule has 0 unspecified atom stereocenters. The van der Waals surface area contributed by atoms with Gasteiger partial charge in [-0.1, -0.05) is 36.8 Å². The van der Waals surface area contributed by atoms with Crippen LogP contribution in [-0.4, -0.2) is 15.5 Å². The van der Waals surface area contributed by atoms with E-state index in [-0.39, 0.29) is 6.04 Å². The van der Waals surface area contributed by atoms with E-state index in [1.54, 1.807) is 33.1 Å². The second kappa shape index (κ2) is 7.36. The SMILES string of the molecule is CC[C@H](NS(=O)(=O)c1c(C)cc(OC)cc1C)c1ccc(C)cc1. The smallest absolute Gasteiger partial charge is 0.241 e. The monoisotopic (exact) mass is 347 g/mol. The minimum Gasteiger partial charge on any atom is -0.497 e. The van der Waals surface area contributed by atoms with Crippen molar-refractivity contribution in [2.24, 2.45) is 0 Å². The standard InChI is InChI=1S/C19H25NO3S/c1-6-18(16-9-7-13(2)8-10-16)20-24(21,22)19-14(3)11-17(23-5)12-15(19)4/h7-12,18,20H,6H2,1-5H3/t18-/m0/s1. The van der Waals surface area contributed by atoms with E-state index in [0.29, 0.717) is 28.2 Å². The van der Waals surface area contributed by atoms with Gasteiger partial charge in [0.1, 0.15) is 5.75 Å². The summed E-state index contributed by atoms with van der Waals surface area (Å²) in [6, 6.07) is 11.2. The zero-order valence-corrected chi connectivity index (χ0v) is 15.7. The van der Waals surface area contributed by atoms with Crippen molar-refractivity contribution in [3.63, 3.8) is 0 Å². The van der Waals surface area contributed by atoms with Gasteiger partial charge in [-0.3, -0.25) is 0 Å². The third-order valence-corrected chi connectivity index (χ3v) is 5.90. The van der Waals surface area contributed by atoms with Crippen LogP contribution in [0.2, 0.25) is 0 Å². The number of hydrogen-bond acceptors (Lipinski definition) is 3. The van der Waals surface area contributed by atoms with Crippen molar-refractivity contribution in [1.82, 2.24) is 4.72 Å². The van der Waals surface area contributed by atoms with E-state index >= 15 is 0 Å². The molecule has 0 amide bonds. The van der Waals surface area contributed by atoms with E-state index in [9.17, 15) is 8.42 Å². The van der Waals surface area contributed by atoms with Crippen LogP contribution in [0.1, 0.15) is 41.6 Å². The number of sulfonamides is 1. The van der Waals surface area contributed by atoms with Crippen molar-refractivity contribution in [3.05, 3.63) is 58.7 Å². The average Bonchev–Trinajstić information content (AvgIpc) is 2.52. The Morgan fingerprint density at radius 1 is 1.04 bits per heavy atom. The Labute approximate surface area is 144 Å². The molecule has 2 aromatic carbocycles. The molecule has 0 fully saturated rings. The maximum Gasteiger partial charge on any atom is 0.241 e. The van der Waals surface area contributed by atoms with Crippen molar-refractivity contribution in [2.75, 3.05) is 7.11 Å². The van der Waals surface area contributed by atoms with Gasteiger partial charge in [-0.05, 0) is 56.0 Å². The van der Waals surface area contributed by atoms with Crippen LogP contribution in [0.3, 0.4) is 0 Å². The molecule has 130 valence electrons. The minimum absolute atomic E-state index is 0.253. The second-order valence-electron chi connectivity index (χ2n) is 6.08. The fourth-order valence-electron chi connectivity index (χ4n) is 2.88. The first-order chi connectivity index (χ1) is 11.3. The molecule has 1 atom stereocenters. The number of aryl methyl sites for hydroxylation is 3. The molecule has 0 saturated carbocycles. The molecule has 4 nitrogen and oxygen atoms in total. The largest absolute Gasteiger partial charge is 0.497 e. The van der Waals surface area contributed by atoms with Gasteiger partial charge in [0.2, 0.25) is 10.0 Å². The fourth-order valence-corrected chi connectivity index (χ4v) is 4.65. The van der Waals surface area contributed by atoms with Crippen molar-refractivity contribution < 1.29 is 13.2 Å². The summed E-state index contributed by atoms with van der Waals surface area (Å²) in [7, 11) is -2.05. The number of methoxy groups -OCH3 is 1. The zero-order chi connectivity index (χ0) is 17.9. The van der Waals surface area contributed by atoms with E-state index in [4.69, 9.17) is 4.74 Å². The predicted molar refractivity (Wildman–Crippen MR) is 97.0 cm³/mol. The first kappa shape index (κ1) is 18.5. The van der Waals surface area contributed by atoms with Gasteiger partial charge < -0.3 is 4.74 Å². The van der Waals surface area contributed by atoms with Crippen LogP contribution >= 0.6 is 0 Å². The van der Waals surface area contributed by atoms with Gasteiger partial charge in [0.15, 0.2) is 0 Å². The Hall–Kier alpha value is -1.85. The molecule has 0 aliphatic carbocycles. The van der Waals surface area contributed by atoms with Gasteiger partial charge in [-0.25, -0.2) is 13.1 Å². The van der Waals surface area contributed by atoms with Gasteiger partial charge >= 0.3 is 0 Å². The Bertz CT molecular complexity index is 788. The van der Waals surface area contributed by atoms with Crippen molar-refractivity contribution in [3.8, 4) is 5.75 Å². The number of rotatable bonds is 6. The lowest BCUT2D eigenvalue weighted by Crippen LogP contribution is -2.29. The normalized spacial score (nSPS) is 12.9.